The number of alkyl halides is 3. The highest BCUT2D eigenvalue weighted by atomic mass is 32.1. The van der Waals surface area contributed by atoms with E-state index in [0.29, 0.717) is 16.0 Å². The van der Waals surface area contributed by atoms with Crippen molar-refractivity contribution in [1.82, 2.24) is 20.0 Å². The number of halogens is 4. The molecule has 3 aliphatic rings. The molecule has 2 saturated heterocycles. The maximum Gasteiger partial charge on any atom is 0.411 e. The number of nitriles is 1. The number of carbonyl (C=O) groups is 3. The Morgan fingerprint density at radius 1 is 1.07 bits per heavy atom. The van der Waals surface area contributed by atoms with Crippen LogP contribution in [0.3, 0.4) is 0 Å². The first-order valence-corrected chi connectivity index (χ1v) is 16.0. The van der Waals surface area contributed by atoms with Gasteiger partial charge in [-0.3, -0.25) is 19.4 Å². The number of carbonyl (C=O) groups excluding carboxylic acids is 3. The first-order valence-electron chi connectivity index (χ1n) is 15.2. The zero-order chi connectivity index (χ0) is 33.8. The van der Waals surface area contributed by atoms with Gasteiger partial charge in [-0.05, 0) is 87.1 Å². The molecule has 0 unspecified atom stereocenters. The molecule has 3 atom stereocenters. The lowest BCUT2D eigenvalue weighted by Gasteiger charge is -2.35. The quantitative estimate of drug-likeness (QED) is 0.330. The number of benzene rings is 1. The summed E-state index contributed by atoms with van der Waals surface area (Å²) in [6.45, 7) is 7.06. The minimum absolute atomic E-state index is 0.0329. The standard InChI is InChI=1S/C18H18F4N2OS.C14H21N3O3/c1-12-2-3-13(8-15(12)19)14-9-16(26-10-14)17(25)24-6-4-23(5-7-24)11-18(20,21)22;1-14(2,3)20-13(19)17-10-5-4-9(8-10)11(17)12(18)16-7-6-15/h2-3,8-10H,4-7,11H2,1H3;9-11H,4-5,7-8H2,1-3H3,(H,16,18)/t;9-,10+,11-/m.0/s1. The van der Waals surface area contributed by atoms with Gasteiger partial charge in [-0.25, -0.2) is 9.18 Å². The van der Waals surface area contributed by atoms with E-state index in [9.17, 15) is 31.9 Å². The average Bonchev–Trinajstić information content (AvgIpc) is 3.73. The molecule has 46 heavy (non-hydrogen) atoms. The van der Waals surface area contributed by atoms with E-state index < -0.39 is 30.5 Å². The zero-order valence-electron chi connectivity index (χ0n) is 26.3. The van der Waals surface area contributed by atoms with Gasteiger partial charge in [0.05, 0.1) is 17.5 Å². The van der Waals surface area contributed by atoms with Crippen LogP contribution in [0.1, 0.15) is 55.3 Å². The van der Waals surface area contributed by atoms with Crippen molar-refractivity contribution < 1.29 is 36.7 Å². The van der Waals surface area contributed by atoms with E-state index in [0.717, 1.165) is 24.8 Å². The summed E-state index contributed by atoms with van der Waals surface area (Å²) >= 11 is 1.26. The van der Waals surface area contributed by atoms with Gasteiger partial charge in [0.25, 0.3) is 5.91 Å². The fourth-order valence-electron chi connectivity index (χ4n) is 6.02. The molecule has 2 aliphatic heterocycles. The van der Waals surface area contributed by atoms with Gasteiger partial charge in [0.15, 0.2) is 0 Å². The summed E-state index contributed by atoms with van der Waals surface area (Å²) < 4.78 is 56.4. The Morgan fingerprint density at radius 3 is 2.37 bits per heavy atom. The number of piperidine rings is 1. The molecule has 3 heterocycles. The lowest BCUT2D eigenvalue weighted by atomic mass is 9.98. The van der Waals surface area contributed by atoms with Crippen LogP contribution in [-0.4, -0.2) is 95.7 Å². The van der Waals surface area contributed by atoms with Crippen molar-refractivity contribution in [3.63, 3.8) is 0 Å². The highest BCUT2D eigenvalue weighted by molar-refractivity contribution is 7.12. The third-order valence-electron chi connectivity index (χ3n) is 8.18. The van der Waals surface area contributed by atoms with Gasteiger partial charge < -0.3 is 15.0 Å². The number of thiophene rings is 1. The largest absolute Gasteiger partial charge is 0.444 e. The normalized spacial score (nSPS) is 21.3. The first kappa shape index (κ1) is 35.2. The molecular formula is C32H39F4N5O4S. The summed E-state index contributed by atoms with van der Waals surface area (Å²) in [5.74, 6) is -0.557. The van der Waals surface area contributed by atoms with Crippen LogP contribution in [0.25, 0.3) is 11.1 Å². The number of amides is 3. The number of piperazine rings is 1. The second-order valence-corrected chi connectivity index (χ2v) is 13.7. The summed E-state index contributed by atoms with van der Waals surface area (Å²) in [6, 6.07) is 8.10. The van der Waals surface area contributed by atoms with Crippen LogP contribution in [0, 0.1) is 30.0 Å². The third kappa shape index (κ3) is 8.97. The third-order valence-corrected chi connectivity index (χ3v) is 9.10. The molecule has 1 aliphatic carbocycles. The highest BCUT2D eigenvalue weighted by Crippen LogP contribution is 2.43. The van der Waals surface area contributed by atoms with E-state index in [-0.39, 0.29) is 62.3 Å². The number of hydrogen-bond donors (Lipinski definition) is 1. The van der Waals surface area contributed by atoms with Crippen LogP contribution < -0.4 is 5.32 Å². The number of rotatable bonds is 5. The van der Waals surface area contributed by atoms with E-state index in [1.807, 2.05) is 26.8 Å². The minimum Gasteiger partial charge on any atom is -0.444 e. The Balaban J connectivity index is 0.000000216. The van der Waals surface area contributed by atoms with Crippen LogP contribution in [-0.2, 0) is 9.53 Å². The van der Waals surface area contributed by atoms with Crippen molar-refractivity contribution in [3.8, 4) is 17.2 Å². The Kier molecular flexibility index (Phi) is 11.0. The predicted octanol–water partition coefficient (Wildman–Crippen LogP) is 5.60. The van der Waals surface area contributed by atoms with Crippen molar-refractivity contribution in [2.45, 2.75) is 70.8 Å². The monoisotopic (exact) mass is 665 g/mol. The molecule has 5 rings (SSSR count). The first-order chi connectivity index (χ1) is 21.6. The van der Waals surface area contributed by atoms with Crippen molar-refractivity contribution in [1.29, 1.82) is 5.26 Å². The highest BCUT2D eigenvalue weighted by Gasteiger charge is 2.52. The zero-order valence-corrected chi connectivity index (χ0v) is 27.1. The molecule has 250 valence electrons. The molecule has 14 heteroatoms. The summed E-state index contributed by atoms with van der Waals surface area (Å²) in [5.41, 5.74) is 1.43. The number of likely N-dealkylation sites (tertiary alicyclic amines) is 1. The van der Waals surface area contributed by atoms with E-state index in [2.05, 4.69) is 5.32 Å². The second kappa shape index (κ2) is 14.4. The molecular weight excluding hydrogens is 626 g/mol. The summed E-state index contributed by atoms with van der Waals surface area (Å²) in [5, 5.41) is 12.9. The smallest absolute Gasteiger partial charge is 0.411 e. The molecule has 3 amide bonds. The van der Waals surface area contributed by atoms with Crippen LogP contribution in [0.2, 0.25) is 0 Å². The van der Waals surface area contributed by atoms with Gasteiger partial charge >= 0.3 is 12.3 Å². The molecule has 1 aromatic carbocycles. The lowest BCUT2D eigenvalue weighted by Crippen LogP contribution is -2.53. The average molecular weight is 666 g/mol. The van der Waals surface area contributed by atoms with Gasteiger partial charge in [-0.15, -0.1) is 11.3 Å². The van der Waals surface area contributed by atoms with Gasteiger partial charge in [0.1, 0.15) is 24.0 Å². The maximum atomic E-state index is 13.7. The molecule has 1 aromatic heterocycles. The summed E-state index contributed by atoms with van der Waals surface area (Å²) in [4.78, 5) is 42.0. The fraction of sp³-hybridized carbons (Fsp3) is 0.562. The molecule has 9 nitrogen and oxygen atoms in total. The fourth-order valence-corrected chi connectivity index (χ4v) is 6.91. The number of ether oxygens (including phenoxy) is 1. The van der Waals surface area contributed by atoms with Crippen LogP contribution >= 0.6 is 11.3 Å². The van der Waals surface area contributed by atoms with Crippen LogP contribution in [0.4, 0.5) is 22.4 Å². The van der Waals surface area contributed by atoms with E-state index in [4.69, 9.17) is 10.00 Å². The SMILES string of the molecule is CC(C)(C)OC(=O)N1[C@@H]2CC[C@@H](C2)[C@H]1C(=O)NCC#N.Cc1ccc(-c2csc(C(=O)N3CCN(CC(F)(F)F)CC3)c2)cc1F. The number of fused-ring (bicyclic) bond motifs is 2. The Morgan fingerprint density at radius 2 is 1.76 bits per heavy atom. The number of nitrogens with zero attached hydrogens (tertiary/aromatic N) is 4. The van der Waals surface area contributed by atoms with Crippen molar-refractivity contribution >= 4 is 29.2 Å². The molecule has 2 aromatic rings. The maximum absolute atomic E-state index is 13.7. The molecule has 2 bridgehead atoms. The van der Waals surface area contributed by atoms with E-state index in [1.54, 1.807) is 40.3 Å². The van der Waals surface area contributed by atoms with E-state index in [1.165, 1.54) is 22.3 Å². The predicted molar refractivity (Wildman–Crippen MR) is 164 cm³/mol. The van der Waals surface area contributed by atoms with Gasteiger partial charge in [-0.1, -0.05) is 12.1 Å². The van der Waals surface area contributed by atoms with Crippen molar-refractivity contribution in [2.24, 2.45) is 5.92 Å². The van der Waals surface area contributed by atoms with Crippen molar-refractivity contribution in [2.75, 3.05) is 39.3 Å². The number of hydrogen-bond acceptors (Lipinski definition) is 7. The Hall–Kier alpha value is -3.70. The number of aryl methyl sites for hydroxylation is 1. The topological polar surface area (TPSA) is 106 Å². The summed E-state index contributed by atoms with van der Waals surface area (Å²) in [6.07, 6.45) is -1.93. The minimum atomic E-state index is -4.22. The lowest BCUT2D eigenvalue weighted by molar-refractivity contribution is -0.148. The molecule has 1 N–H and O–H groups in total. The Bertz CT molecular complexity index is 1460. The van der Waals surface area contributed by atoms with Gasteiger partial charge in [-0.2, -0.15) is 18.4 Å². The van der Waals surface area contributed by atoms with Crippen molar-refractivity contribution in [3.05, 3.63) is 45.9 Å². The molecule has 3 fully saturated rings. The van der Waals surface area contributed by atoms with Gasteiger partial charge in [0, 0.05) is 32.2 Å². The molecule has 0 radical (unpaired) electrons. The Labute approximate surface area is 270 Å². The van der Waals surface area contributed by atoms with Gasteiger partial charge in [0.2, 0.25) is 5.91 Å². The molecule has 0 spiro atoms. The van der Waals surface area contributed by atoms with Crippen LogP contribution in [0.15, 0.2) is 29.6 Å². The molecule has 1 saturated carbocycles. The number of nitrogens with one attached hydrogen (secondary N) is 1. The summed E-state index contributed by atoms with van der Waals surface area (Å²) in [7, 11) is 0. The second-order valence-electron chi connectivity index (χ2n) is 12.8. The van der Waals surface area contributed by atoms with E-state index >= 15 is 0 Å². The van der Waals surface area contributed by atoms with Crippen LogP contribution in [0.5, 0.6) is 0 Å².